The van der Waals surface area contributed by atoms with Crippen molar-refractivity contribution in [3.8, 4) is 5.69 Å². The van der Waals surface area contributed by atoms with Crippen LogP contribution < -0.4 is 5.56 Å². The molecule has 2 N–H and O–H groups in total. The number of aromatic amines is 1. The van der Waals surface area contributed by atoms with Gasteiger partial charge in [-0.2, -0.15) is 0 Å². The van der Waals surface area contributed by atoms with Crippen molar-refractivity contribution in [3.05, 3.63) is 58.0 Å². The van der Waals surface area contributed by atoms with E-state index in [1.54, 1.807) is 19.1 Å². The van der Waals surface area contributed by atoms with Crippen molar-refractivity contribution in [1.82, 2.24) is 9.78 Å². The summed E-state index contributed by atoms with van der Waals surface area (Å²) in [5.74, 6) is -0.635. The number of hydrogen-bond donors (Lipinski definition) is 2. The lowest BCUT2D eigenvalue weighted by molar-refractivity contribution is -0.112. The largest absolute Gasteiger partial charge is 0.507 e. The van der Waals surface area contributed by atoms with E-state index in [4.69, 9.17) is 0 Å². The van der Waals surface area contributed by atoms with Crippen LogP contribution in [0.15, 0.2) is 41.2 Å². The third-order valence-electron chi connectivity index (χ3n) is 2.68. The van der Waals surface area contributed by atoms with E-state index in [-0.39, 0.29) is 17.1 Å². The Morgan fingerprint density at radius 2 is 1.95 bits per heavy atom. The number of allylic oxidation sites excluding steroid dienone is 1. The third kappa shape index (κ3) is 2.49. The molecule has 0 unspecified atom stereocenters. The van der Waals surface area contributed by atoms with Crippen molar-refractivity contribution in [3.63, 3.8) is 0 Å². The smallest absolute Gasteiger partial charge is 0.282 e. The molecule has 1 heterocycles. The molecule has 0 aliphatic carbocycles. The first-order valence-electron chi connectivity index (χ1n) is 5.79. The highest BCUT2D eigenvalue weighted by molar-refractivity contribution is 5.93. The first-order valence-corrected chi connectivity index (χ1v) is 5.79. The number of nitrogens with zero attached hydrogens (tertiary/aromatic N) is 1. The number of hydrogen-bond acceptors (Lipinski definition) is 3. The molecule has 0 aliphatic heterocycles. The van der Waals surface area contributed by atoms with Crippen molar-refractivity contribution in [2.45, 2.75) is 13.8 Å². The molecular weight excluding hydrogens is 244 g/mol. The van der Waals surface area contributed by atoms with Crippen LogP contribution in [-0.2, 0) is 4.79 Å². The number of carbonyl (C=O) groups excluding carboxylic acids is 1. The van der Waals surface area contributed by atoms with Crippen molar-refractivity contribution >= 4 is 11.5 Å². The Morgan fingerprint density at radius 1 is 1.32 bits per heavy atom. The Hall–Kier alpha value is -2.56. The average Bonchev–Trinajstić information content (AvgIpc) is 2.65. The fourth-order valence-corrected chi connectivity index (χ4v) is 1.87. The highest BCUT2D eigenvalue weighted by Gasteiger charge is 2.16. The molecule has 1 aromatic heterocycles. The number of nitrogens with one attached hydrogen (secondary N) is 1. The Balaban J connectivity index is 2.59. The number of para-hydroxylation sites is 1. The summed E-state index contributed by atoms with van der Waals surface area (Å²) in [6, 6.07) is 9.00. The Kier molecular flexibility index (Phi) is 3.37. The minimum atomic E-state index is -0.390. The van der Waals surface area contributed by atoms with E-state index in [2.05, 4.69) is 5.10 Å². The average molecular weight is 258 g/mol. The molecular formula is C14H14N2O3. The Morgan fingerprint density at radius 3 is 2.53 bits per heavy atom. The molecule has 0 bridgehead atoms. The van der Waals surface area contributed by atoms with E-state index in [9.17, 15) is 14.7 Å². The predicted octanol–water partition coefficient (Wildman–Crippen LogP) is 1.96. The molecule has 19 heavy (non-hydrogen) atoms. The number of aromatic nitrogens is 2. The molecule has 2 rings (SSSR count). The predicted molar refractivity (Wildman–Crippen MR) is 72.4 cm³/mol. The van der Waals surface area contributed by atoms with Crippen LogP contribution in [0.1, 0.15) is 18.2 Å². The molecule has 0 atom stereocenters. The standard InChI is InChI=1S/C14H14N2O3/c1-9(17)8-12(18)13-10(2)15-16(14(13)19)11-6-4-3-5-7-11/h3-8,15,18H,1-2H3. The number of aryl methyl sites for hydroxylation is 1. The van der Waals surface area contributed by atoms with E-state index < -0.39 is 5.56 Å². The maximum atomic E-state index is 12.2. The summed E-state index contributed by atoms with van der Waals surface area (Å²) in [5, 5.41) is 12.7. The van der Waals surface area contributed by atoms with Gasteiger partial charge in [0.15, 0.2) is 5.78 Å². The van der Waals surface area contributed by atoms with Gasteiger partial charge in [0.1, 0.15) is 11.3 Å². The zero-order valence-electron chi connectivity index (χ0n) is 10.7. The van der Waals surface area contributed by atoms with E-state index in [0.717, 1.165) is 6.08 Å². The summed E-state index contributed by atoms with van der Waals surface area (Å²) in [5.41, 5.74) is 0.888. The quantitative estimate of drug-likeness (QED) is 0.652. The van der Waals surface area contributed by atoms with Gasteiger partial charge in [0.05, 0.1) is 5.69 Å². The van der Waals surface area contributed by atoms with Crippen LogP contribution in [0.3, 0.4) is 0 Å². The number of carbonyl (C=O) groups is 1. The molecule has 1 aromatic carbocycles. The van der Waals surface area contributed by atoms with Crippen molar-refractivity contribution in [1.29, 1.82) is 0 Å². The van der Waals surface area contributed by atoms with Gasteiger partial charge in [-0.1, -0.05) is 18.2 Å². The maximum absolute atomic E-state index is 12.2. The monoisotopic (exact) mass is 258 g/mol. The van der Waals surface area contributed by atoms with E-state index in [0.29, 0.717) is 11.4 Å². The topological polar surface area (TPSA) is 75.1 Å². The number of aliphatic hydroxyl groups excluding tert-OH is 1. The normalized spacial score (nSPS) is 11.6. The maximum Gasteiger partial charge on any atom is 0.282 e. The number of aliphatic hydroxyl groups is 1. The zero-order valence-corrected chi connectivity index (χ0v) is 10.7. The molecule has 0 fully saturated rings. The molecule has 0 saturated carbocycles. The van der Waals surface area contributed by atoms with Gasteiger partial charge in [0.2, 0.25) is 0 Å². The Labute approximate surface area is 109 Å². The fraction of sp³-hybridized carbons (Fsp3) is 0.143. The molecule has 5 heteroatoms. The molecule has 2 aromatic rings. The molecule has 5 nitrogen and oxygen atoms in total. The van der Waals surface area contributed by atoms with Crippen LogP contribution in [-0.4, -0.2) is 20.7 Å². The molecule has 98 valence electrons. The van der Waals surface area contributed by atoms with Gasteiger partial charge >= 0.3 is 0 Å². The van der Waals surface area contributed by atoms with Crippen LogP contribution in [0, 0.1) is 6.92 Å². The van der Waals surface area contributed by atoms with E-state index in [1.807, 2.05) is 18.2 Å². The van der Waals surface area contributed by atoms with Gasteiger partial charge in [-0.05, 0) is 26.0 Å². The number of benzene rings is 1. The summed E-state index contributed by atoms with van der Waals surface area (Å²) in [4.78, 5) is 23.2. The first kappa shape index (κ1) is 12.9. The molecule has 0 spiro atoms. The van der Waals surface area contributed by atoms with Crippen LogP contribution in [0.2, 0.25) is 0 Å². The minimum Gasteiger partial charge on any atom is -0.507 e. The lowest BCUT2D eigenvalue weighted by atomic mass is 10.2. The van der Waals surface area contributed by atoms with Crippen molar-refractivity contribution in [2.75, 3.05) is 0 Å². The minimum absolute atomic E-state index is 0.110. The fourth-order valence-electron chi connectivity index (χ4n) is 1.87. The van der Waals surface area contributed by atoms with Gasteiger partial charge in [-0.3, -0.25) is 14.7 Å². The number of rotatable bonds is 3. The zero-order chi connectivity index (χ0) is 14.0. The molecule has 0 amide bonds. The number of H-pyrrole nitrogens is 1. The van der Waals surface area contributed by atoms with Crippen molar-refractivity contribution in [2.24, 2.45) is 0 Å². The van der Waals surface area contributed by atoms with E-state index >= 15 is 0 Å². The van der Waals surface area contributed by atoms with Gasteiger partial charge in [0, 0.05) is 11.8 Å². The molecule has 0 radical (unpaired) electrons. The number of ketones is 1. The summed E-state index contributed by atoms with van der Waals surface area (Å²) >= 11 is 0. The van der Waals surface area contributed by atoms with E-state index in [1.165, 1.54) is 11.6 Å². The van der Waals surface area contributed by atoms with Crippen molar-refractivity contribution < 1.29 is 9.90 Å². The first-order chi connectivity index (χ1) is 9.00. The summed E-state index contributed by atoms with van der Waals surface area (Å²) in [6.45, 7) is 2.98. The highest BCUT2D eigenvalue weighted by atomic mass is 16.3. The lowest BCUT2D eigenvalue weighted by Gasteiger charge is -1.99. The molecule has 0 aliphatic rings. The van der Waals surface area contributed by atoms with Gasteiger partial charge in [0.25, 0.3) is 5.56 Å². The van der Waals surface area contributed by atoms with Crippen LogP contribution in [0.5, 0.6) is 0 Å². The van der Waals surface area contributed by atoms with Gasteiger partial charge < -0.3 is 5.11 Å². The van der Waals surface area contributed by atoms with Crippen LogP contribution >= 0.6 is 0 Å². The third-order valence-corrected chi connectivity index (χ3v) is 2.68. The van der Waals surface area contributed by atoms with Gasteiger partial charge in [-0.15, -0.1) is 0 Å². The second-order valence-electron chi connectivity index (χ2n) is 4.23. The summed E-state index contributed by atoms with van der Waals surface area (Å²) in [6.07, 6.45) is 1.03. The van der Waals surface area contributed by atoms with Gasteiger partial charge in [-0.25, -0.2) is 4.68 Å². The second-order valence-corrected chi connectivity index (χ2v) is 4.23. The molecule has 0 saturated heterocycles. The SMILES string of the molecule is CC(=O)C=C(O)c1c(C)[nH]n(-c2ccccc2)c1=O. The Bertz CT molecular complexity index is 693. The summed E-state index contributed by atoms with van der Waals surface area (Å²) in [7, 11) is 0. The van der Waals surface area contributed by atoms with Crippen LogP contribution in [0.4, 0.5) is 0 Å². The summed E-state index contributed by atoms with van der Waals surface area (Å²) < 4.78 is 1.33. The second kappa shape index (κ2) is 4.97. The van der Waals surface area contributed by atoms with Crippen LogP contribution in [0.25, 0.3) is 11.4 Å². The lowest BCUT2D eigenvalue weighted by Crippen LogP contribution is -2.17. The highest BCUT2D eigenvalue weighted by Crippen LogP contribution is 2.13.